The first-order chi connectivity index (χ1) is 6.73. The highest BCUT2D eigenvalue weighted by Gasteiger charge is 2.25. The van der Waals surface area contributed by atoms with Crippen LogP contribution in [0, 0.1) is 3.57 Å². The Morgan fingerprint density at radius 3 is 2.47 bits per heavy atom. The van der Waals surface area contributed by atoms with Gasteiger partial charge in [0.15, 0.2) is 5.03 Å². The normalized spacial score (nSPS) is 12.1. The molecule has 0 fully saturated rings. The first-order valence-electron chi connectivity index (χ1n) is 3.32. The zero-order valence-corrected chi connectivity index (χ0v) is 12.0. The second-order valence-electron chi connectivity index (χ2n) is 2.39. The van der Waals surface area contributed by atoms with Crippen molar-refractivity contribution in [2.45, 2.75) is 11.5 Å². The summed E-state index contributed by atoms with van der Waals surface area (Å²) in [6, 6.07) is 1.03. The van der Waals surface area contributed by atoms with Crippen LogP contribution in [0.3, 0.4) is 0 Å². The lowest BCUT2D eigenvalue weighted by Crippen LogP contribution is -2.04. The van der Waals surface area contributed by atoms with E-state index >= 15 is 0 Å². The first-order valence-corrected chi connectivity index (χ1v) is 7.50. The molecule has 0 aliphatic rings. The van der Waals surface area contributed by atoms with Gasteiger partial charge in [-0.25, -0.2) is 22.2 Å². The molecule has 0 radical (unpaired) electrons. The van der Waals surface area contributed by atoms with Gasteiger partial charge in [0.1, 0.15) is 4.60 Å². The fourth-order valence-electron chi connectivity index (χ4n) is 0.817. The Kier molecular flexibility index (Phi) is 4.29. The van der Waals surface area contributed by atoms with Gasteiger partial charge in [-0.15, -0.1) is 0 Å². The van der Waals surface area contributed by atoms with E-state index in [0.717, 1.165) is 6.07 Å². The van der Waals surface area contributed by atoms with E-state index in [1.54, 1.807) is 22.6 Å². The van der Waals surface area contributed by atoms with E-state index in [9.17, 15) is 17.2 Å². The van der Waals surface area contributed by atoms with Crippen molar-refractivity contribution in [3.8, 4) is 0 Å². The molecule has 1 heterocycles. The smallest absolute Gasteiger partial charge is 0.226 e. The molecule has 1 rings (SSSR count). The fraction of sp³-hybridized carbons (Fsp3) is 0.167. The summed E-state index contributed by atoms with van der Waals surface area (Å²) in [4.78, 5) is 3.47. The average molecular weight is 432 g/mol. The number of rotatable bonds is 2. The van der Waals surface area contributed by atoms with Gasteiger partial charge in [0.05, 0.1) is 5.56 Å². The Balaban J connectivity index is 3.56. The largest absolute Gasteiger partial charge is 0.279 e. The first kappa shape index (κ1) is 13.5. The van der Waals surface area contributed by atoms with Crippen LogP contribution in [0.15, 0.2) is 15.7 Å². The summed E-state index contributed by atoms with van der Waals surface area (Å²) >= 11 is 4.68. The molecule has 0 spiro atoms. The van der Waals surface area contributed by atoms with Crippen molar-refractivity contribution in [1.82, 2.24) is 4.98 Å². The number of nitrogens with zero attached hydrogens (tertiary/aromatic N) is 1. The average Bonchev–Trinajstić information content (AvgIpc) is 2.06. The second-order valence-corrected chi connectivity index (χ2v) is 6.79. The molecule has 0 unspecified atom stereocenters. The Bertz CT molecular complexity index is 496. The molecule has 1 aromatic heterocycles. The van der Waals surface area contributed by atoms with Gasteiger partial charge in [-0.1, -0.05) is 0 Å². The van der Waals surface area contributed by atoms with E-state index in [1.165, 1.54) is 0 Å². The maximum atomic E-state index is 12.5. The molecule has 0 saturated carbocycles. The minimum Gasteiger partial charge on any atom is -0.226 e. The summed E-state index contributed by atoms with van der Waals surface area (Å²) < 4.78 is 47.5. The van der Waals surface area contributed by atoms with Gasteiger partial charge < -0.3 is 0 Å². The molecule has 3 nitrogen and oxygen atoms in total. The van der Waals surface area contributed by atoms with Crippen LogP contribution in [0.1, 0.15) is 12.0 Å². The van der Waals surface area contributed by atoms with Gasteiger partial charge in [0, 0.05) is 14.3 Å². The van der Waals surface area contributed by atoms with E-state index in [1.807, 2.05) is 0 Å². The summed E-state index contributed by atoms with van der Waals surface area (Å²) in [6.45, 7) is 0. The van der Waals surface area contributed by atoms with Gasteiger partial charge in [0.25, 0.3) is 15.5 Å². The van der Waals surface area contributed by atoms with Crippen molar-refractivity contribution in [3.63, 3.8) is 0 Å². The molecular formula is C6H2BrClF2INO2S. The molecule has 0 bridgehead atoms. The van der Waals surface area contributed by atoms with Crippen molar-refractivity contribution in [2.75, 3.05) is 0 Å². The molecule has 0 N–H and O–H groups in total. The van der Waals surface area contributed by atoms with E-state index < -0.39 is 26.1 Å². The molecular weight excluding hydrogens is 430 g/mol. The fourth-order valence-corrected chi connectivity index (χ4v) is 2.68. The highest BCUT2D eigenvalue weighted by molar-refractivity contribution is 14.1. The number of alkyl halides is 2. The summed E-state index contributed by atoms with van der Waals surface area (Å²) in [5.74, 6) is 0. The minimum absolute atomic E-state index is 0.159. The predicted molar refractivity (Wildman–Crippen MR) is 62.6 cm³/mol. The van der Waals surface area contributed by atoms with Gasteiger partial charge in [-0.2, -0.15) is 0 Å². The number of pyridine rings is 1. The van der Waals surface area contributed by atoms with E-state index in [-0.39, 0.29) is 4.60 Å². The Labute approximate surface area is 111 Å². The minimum atomic E-state index is -4.27. The van der Waals surface area contributed by atoms with Crippen LogP contribution in [0.4, 0.5) is 8.78 Å². The molecule has 0 saturated heterocycles. The zero-order valence-electron chi connectivity index (χ0n) is 6.72. The van der Waals surface area contributed by atoms with E-state index in [4.69, 9.17) is 10.7 Å². The van der Waals surface area contributed by atoms with E-state index in [2.05, 4.69) is 20.9 Å². The van der Waals surface area contributed by atoms with Crippen molar-refractivity contribution >= 4 is 58.3 Å². The zero-order chi connectivity index (χ0) is 11.8. The van der Waals surface area contributed by atoms with Crippen LogP contribution < -0.4 is 0 Å². The molecule has 1 aromatic rings. The molecule has 0 aliphatic heterocycles. The lowest BCUT2D eigenvalue weighted by Gasteiger charge is -2.06. The maximum Gasteiger partial charge on any atom is 0.279 e. The third-order valence-corrected chi connectivity index (χ3v) is 4.79. The van der Waals surface area contributed by atoms with Crippen molar-refractivity contribution in [1.29, 1.82) is 0 Å². The summed E-state index contributed by atoms with van der Waals surface area (Å²) in [5.41, 5.74) is -0.697. The topological polar surface area (TPSA) is 47.0 Å². The maximum absolute atomic E-state index is 12.5. The third kappa shape index (κ3) is 3.21. The van der Waals surface area contributed by atoms with Crippen LogP contribution in [0.25, 0.3) is 0 Å². The standard InChI is InChI=1S/C6H2BrClF2INO2S/c7-4-3(11)1-2(5(9)10)6(12-4)15(8,13)14/h1,5H. The summed E-state index contributed by atoms with van der Waals surface area (Å²) in [7, 11) is 0.715. The molecule has 15 heavy (non-hydrogen) atoms. The number of aromatic nitrogens is 1. The Morgan fingerprint density at radius 2 is 2.07 bits per heavy atom. The quantitative estimate of drug-likeness (QED) is 0.409. The van der Waals surface area contributed by atoms with Gasteiger partial charge in [-0.3, -0.25) is 0 Å². The summed E-state index contributed by atoms with van der Waals surface area (Å²) in [6.07, 6.45) is -2.94. The molecule has 0 aromatic carbocycles. The van der Waals surface area contributed by atoms with Gasteiger partial charge >= 0.3 is 0 Å². The number of hydrogen-bond donors (Lipinski definition) is 0. The number of hydrogen-bond acceptors (Lipinski definition) is 3. The van der Waals surface area contributed by atoms with Gasteiger partial charge in [-0.05, 0) is 44.6 Å². The Hall–Kier alpha value is 0.460. The van der Waals surface area contributed by atoms with Crippen molar-refractivity contribution in [3.05, 3.63) is 19.8 Å². The summed E-state index contributed by atoms with van der Waals surface area (Å²) in [5, 5.41) is -0.813. The lowest BCUT2D eigenvalue weighted by molar-refractivity contribution is 0.147. The molecule has 9 heteroatoms. The molecule has 0 aliphatic carbocycles. The van der Waals surface area contributed by atoms with Crippen molar-refractivity contribution in [2.24, 2.45) is 0 Å². The van der Waals surface area contributed by atoms with Crippen molar-refractivity contribution < 1.29 is 17.2 Å². The van der Waals surface area contributed by atoms with Crippen LogP contribution >= 0.6 is 49.2 Å². The van der Waals surface area contributed by atoms with Crippen LogP contribution in [0.5, 0.6) is 0 Å². The predicted octanol–water partition coefficient (Wildman–Crippen LogP) is 3.31. The Morgan fingerprint density at radius 1 is 1.53 bits per heavy atom. The molecule has 84 valence electrons. The van der Waals surface area contributed by atoms with Crippen LogP contribution in [-0.4, -0.2) is 13.4 Å². The highest BCUT2D eigenvalue weighted by atomic mass is 127. The lowest BCUT2D eigenvalue weighted by atomic mass is 10.3. The molecule has 0 amide bonds. The SMILES string of the molecule is O=S(=O)(Cl)c1nc(Br)c(I)cc1C(F)F. The highest BCUT2D eigenvalue weighted by Crippen LogP contribution is 2.31. The van der Waals surface area contributed by atoms with Crippen LogP contribution in [0.2, 0.25) is 0 Å². The number of halogens is 5. The van der Waals surface area contributed by atoms with E-state index in [0.29, 0.717) is 3.57 Å². The van der Waals surface area contributed by atoms with Gasteiger partial charge in [0.2, 0.25) is 0 Å². The molecule has 0 atom stereocenters. The monoisotopic (exact) mass is 431 g/mol. The second kappa shape index (κ2) is 4.76. The van der Waals surface area contributed by atoms with Crippen LogP contribution in [-0.2, 0) is 9.05 Å². The third-order valence-electron chi connectivity index (χ3n) is 1.39.